The highest BCUT2D eigenvalue weighted by Crippen LogP contribution is 2.25. The number of hydrogen-bond donors (Lipinski definition) is 1. The molecule has 0 saturated heterocycles. The molecule has 25 heavy (non-hydrogen) atoms. The summed E-state index contributed by atoms with van der Waals surface area (Å²) in [5.74, 6) is -0.189. The van der Waals surface area contributed by atoms with E-state index in [1.165, 1.54) is 6.20 Å². The van der Waals surface area contributed by atoms with E-state index in [9.17, 15) is 9.59 Å². The van der Waals surface area contributed by atoms with E-state index in [1.807, 2.05) is 39.0 Å². The number of benzene rings is 1. The molecule has 1 aliphatic rings. The third-order valence-electron chi connectivity index (χ3n) is 3.68. The smallest absolute Gasteiger partial charge is 0.410 e. The minimum absolute atomic E-state index is 0.189. The van der Waals surface area contributed by atoms with Crippen LogP contribution in [-0.4, -0.2) is 32.1 Å². The van der Waals surface area contributed by atoms with Crippen LogP contribution in [0.5, 0.6) is 0 Å². The average Bonchev–Trinajstić information content (AvgIpc) is 3.19. The van der Waals surface area contributed by atoms with Crippen molar-refractivity contribution >= 4 is 23.5 Å². The van der Waals surface area contributed by atoms with Gasteiger partial charge in [-0.1, -0.05) is 22.7 Å². The van der Waals surface area contributed by atoms with Crippen LogP contribution >= 0.6 is 11.5 Å². The molecule has 0 unspecified atom stereocenters. The fourth-order valence-electron chi connectivity index (χ4n) is 2.55. The lowest BCUT2D eigenvalue weighted by molar-refractivity contribution is 0.0241. The highest BCUT2D eigenvalue weighted by atomic mass is 32.1. The maximum atomic E-state index is 12.2. The first-order chi connectivity index (χ1) is 11.8. The Morgan fingerprint density at radius 1 is 1.28 bits per heavy atom. The summed E-state index contributed by atoms with van der Waals surface area (Å²) >= 11 is 1.06. The quantitative estimate of drug-likeness (QED) is 0.910. The van der Waals surface area contributed by atoms with Crippen molar-refractivity contribution in [2.24, 2.45) is 0 Å². The van der Waals surface area contributed by atoms with Gasteiger partial charge in [0.15, 0.2) is 0 Å². The van der Waals surface area contributed by atoms with Crippen molar-refractivity contribution in [3.8, 4) is 0 Å². The molecular formula is C17H20N4O3S. The van der Waals surface area contributed by atoms with Crippen LogP contribution < -0.4 is 5.32 Å². The largest absolute Gasteiger partial charge is 0.444 e. The van der Waals surface area contributed by atoms with Crippen molar-refractivity contribution in [3.05, 3.63) is 46.0 Å². The number of fused-ring (bicyclic) bond motifs is 1. The number of nitrogens with one attached hydrogen (secondary N) is 1. The minimum Gasteiger partial charge on any atom is -0.444 e. The Labute approximate surface area is 150 Å². The molecule has 1 aromatic carbocycles. The molecule has 0 radical (unpaired) electrons. The summed E-state index contributed by atoms with van der Waals surface area (Å²) in [6.07, 6.45) is 1.14. The number of ether oxygens (including phenoxy) is 1. The number of carbonyl (C=O) groups excluding carboxylic acids is 2. The van der Waals surface area contributed by atoms with E-state index < -0.39 is 5.60 Å². The summed E-state index contributed by atoms with van der Waals surface area (Å²) < 4.78 is 9.10. The molecule has 2 heterocycles. The summed E-state index contributed by atoms with van der Waals surface area (Å²) in [6.45, 7) is 7.04. The Balaban J connectivity index is 1.60. The van der Waals surface area contributed by atoms with Crippen LogP contribution in [0, 0.1) is 0 Å². The third kappa shape index (κ3) is 4.33. The number of amides is 2. The van der Waals surface area contributed by atoms with Gasteiger partial charge in [0.25, 0.3) is 5.91 Å². The molecule has 132 valence electrons. The first kappa shape index (κ1) is 17.3. The zero-order chi connectivity index (χ0) is 18.0. The maximum Gasteiger partial charge on any atom is 0.410 e. The van der Waals surface area contributed by atoms with Gasteiger partial charge in [0.2, 0.25) is 0 Å². The predicted octanol–water partition coefficient (Wildman–Crippen LogP) is 2.72. The summed E-state index contributed by atoms with van der Waals surface area (Å²) in [4.78, 5) is 26.3. The highest BCUT2D eigenvalue weighted by Gasteiger charge is 2.27. The SMILES string of the molecule is CC(C)(C)OC(=O)N1Cc2ccc(CNC(=O)c3cnns3)cc2C1. The molecule has 0 aliphatic carbocycles. The van der Waals surface area contributed by atoms with Gasteiger partial charge in [0.1, 0.15) is 10.5 Å². The molecular weight excluding hydrogens is 340 g/mol. The number of nitrogens with zero attached hydrogens (tertiary/aromatic N) is 3. The van der Waals surface area contributed by atoms with Gasteiger partial charge in [-0.25, -0.2) is 4.79 Å². The van der Waals surface area contributed by atoms with Crippen LogP contribution in [0.1, 0.15) is 47.1 Å². The van der Waals surface area contributed by atoms with Gasteiger partial charge in [-0.15, -0.1) is 5.10 Å². The molecule has 0 atom stereocenters. The van der Waals surface area contributed by atoms with Gasteiger partial charge in [-0.2, -0.15) is 0 Å². The van der Waals surface area contributed by atoms with Gasteiger partial charge in [0, 0.05) is 19.6 Å². The number of carbonyl (C=O) groups is 2. The fraction of sp³-hybridized carbons (Fsp3) is 0.412. The van der Waals surface area contributed by atoms with Crippen molar-refractivity contribution in [3.63, 3.8) is 0 Å². The molecule has 2 aromatic rings. The second kappa shape index (κ2) is 6.79. The van der Waals surface area contributed by atoms with Crippen LogP contribution in [0.15, 0.2) is 24.4 Å². The van der Waals surface area contributed by atoms with E-state index in [2.05, 4.69) is 14.9 Å². The number of aromatic nitrogens is 2. The maximum absolute atomic E-state index is 12.2. The topological polar surface area (TPSA) is 84.4 Å². The highest BCUT2D eigenvalue weighted by molar-refractivity contribution is 7.07. The Morgan fingerprint density at radius 3 is 2.72 bits per heavy atom. The van der Waals surface area contributed by atoms with Gasteiger partial charge in [-0.05, 0) is 49.0 Å². The summed E-state index contributed by atoms with van der Waals surface area (Å²) in [6, 6.07) is 5.98. The van der Waals surface area contributed by atoms with Gasteiger partial charge >= 0.3 is 6.09 Å². The molecule has 1 aliphatic heterocycles. The Kier molecular flexibility index (Phi) is 4.71. The van der Waals surface area contributed by atoms with E-state index >= 15 is 0 Å². The van der Waals surface area contributed by atoms with Crippen LogP contribution in [0.2, 0.25) is 0 Å². The summed E-state index contributed by atoms with van der Waals surface area (Å²) in [5.41, 5.74) is 2.66. The van der Waals surface area contributed by atoms with Gasteiger partial charge in [0.05, 0.1) is 6.20 Å². The standard InChI is InChI=1S/C17H20N4O3S/c1-17(2,3)24-16(23)21-9-12-5-4-11(6-13(12)10-21)7-18-15(22)14-8-19-20-25-14/h4-6,8H,7,9-10H2,1-3H3,(H,18,22). The van der Waals surface area contributed by atoms with Crippen LogP contribution in [0.25, 0.3) is 0 Å². The van der Waals surface area contributed by atoms with Gasteiger partial charge < -0.3 is 10.1 Å². The van der Waals surface area contributed by atoms with Crippen molar-refractivity contribution in [2.75, 3.05) is 0 Å². The van der Waals surface area contributed by atoms with E-state index in [-0.39, 0.29) is 12.0 Å². The lowest BCUT2D eigenvalue weighted by Crippen LogP contribution is -2.33. The van der Waals surface area contributed by atoms with Gasteiger partial charge in [-0.3, -0.25) is 9.69 Å². The van der Waals surface area contributed by atoms with E-state index in [4.69, 9.17) is 4.74 Å². The van der Waals surface area contributed by atoms with E-state index in [1.54, 1.807) is 4.90 Å². The molecule has 1 N–H and O–H groups in total. The Bertz CT molecular complexity index is 784. The second-order valence-corrected chi connectivity index (χ2v) is 7.69. The first-order valence-corrected chi connectivity index (χ1v) is 8.73. The zero-order valence-corrected chi connectivity index (χ0v) is 15.2. The lowest BCUT2D eigenvalue weighted by atomic mass is 10.1. The van der Waals surface area contributed by atoms with Crippen molar-refractivity contribution in [1.82, 2.24) is 19.8 Å². The van der Waals surface area contributed by atoms with Crippen LogP contribution in [0.4, 0.5) is 4.79 Å². The van der Waals surface area contributed by atoms with Crippen LogP contribution in [0.3, 0.4) is 0 Å². The van der Waals surface area contributed by atoms with Crippen molar-refractivity contribution in [2.45, 2.75) is 46.0 Å². The molecule has 0 spiro atoms. The predicted molar refractivity (Wildman–Crippen MR) is 93.0 cm³/mol. The average molecular weight is 360 g/mol. The van der Waals surface area contributed by atoms with Crippen LogP contribution in [-0.2, 0) is 24.4 Å². The normalized spacial score (nSPS) is 13.5. The Hall–Kier alpha value is -2.48. The molecule has 2 amide bonds. The summed E-state index contributed by atoms with van der Waals surface area (Å²) in [7, 11) is 0. The molecule has 0 bridgehead atoms. The number of rotatable bonds is 3. The minimum atomic E-state index is -0.507. The third-order valence-corrected chi connectivity index (χ3v) is 4.35. The summed E-state index contributed by atoms with van der Waals surface area (Å²) in [5, 5.41) is 6.50. The van der Waals surface area contributed by atoms with Crippen molar-refractivity contribution < 1.29 is 14.3 Å². The molecule has 8 heteroatoms. The number of hydrogen-bond acceptors (Lipinski definition) is 6. The lowest BCUT2D eigenvalue weighted by Gasteiger charge is -2.24. The second-order valence-electron chi connectivity index (χ2n) is 6.90. The zero-order valence-electron chi connectivity index (χ0n) is 14.4. The molecule has 7 nitrogen and oxygen atoms in total. The monoisotopic (exact) mass is 360 g/mol. The van der Waals surface area contributed by atoms with Crippen molar-refractivity contribution in [1.29, 1.82) is 0 Å². The van der Waals surface area contributed by atoms with E-state index in [0.29, 0.717) is 24.5 Å². The molecule has 0 saturated carbocycles. The first-order valence-electron chi connectivity index (χ1n) is 7.96. The molecule has 1 aromatic heterocycles. The molecule has 0 fully saturated rings. The Morgan fingerprint density at radius 2 is 2.04 bits per heavy atom. The molecule has 3 rings (SSSR count). The van der Waals surface area contributed by atoms with E-state index in [0.717, 1.165) is 28.2 Å². The fourth-order valence-corrected chi connectivity index (χ4v) is 2.98.